The van der Waals surface area contributed by atoms with E-state index in [2.05, 4.69) is 27.6 Å². The van der Waals surface area contributed by atoms with Crippen LogP contribution in [0.15, 0.2) is 36.7 Å². The SMILES string of the molecule is C[C@H]1CNC(=O)c2cnn3ccc(nc23)N[C@H](C)c2cc(F)ccc2C1. The van der Waals surface area contributed by atoms with Crippen molar-refractivity contribution in [3.8, 4) is 0 Å². The maximum Gasteiger partial charge on any atom is 0.256 e. The van der Waals surface area contributed by atoms with E-state index in [9.17, 15) is 9.18 Å². The zero-order valence-electron chi connectivity index (χ0n) is 14.7. The first-order valence-corrected chi connectivity index (χ1v) is 8.68. The van der Waals surface area contributed by atoms with Crippen LogP contribution in [0.5, 0.6) is 0 Å². The van der Waals surface area contributed by atoms with E-state index in [1.165, 1.54) is 12.3 Å². The van der Waals surface area contributed by atoms with Gasteiger partial charge in [-0.25, -0.2) is 13.9 Å². The minimum absolute atomic E-state index is 0.126. The highest BCUT2D eigenvalue weighted by Crippen LogP contribution is 2.25. The Hall–Kier alpha value is -2.96. The van der Waals surface area contributed by atoms with E-state index in [0.717, 1.165) is 17.5 Å². The molecule has 0 unspecified atom stereocenters. The summed E-state index contributed by atoms with van der Waals surface area (Å²) in [6, 6.07) is 6.54. The normalized spacial score (nSPS) is 20.5. The molecule has 0 saturated heterocycles. The zero-order valence-corrected chi connectivity index (χ0v) is 14.7. The van der Waals surface area contributed by atoms with Crippen molar-refractivity contribution in [2.45, 2.75) is 26.3 Å². The molecule has 0 spiro atoms. The monoisotopic (exact) mass is 353 g/mol. The minimum Gasteiger partial charge on any atom is -0.363 e. The van der Waals surface area contributed by atoms with E-state index in [-0.39, 0.29) is 23.7 Å². The number of hydrogen-bond acceptors (Lipinski definition) is 4. The molecule has 7 heteroatoms. The summed E-state index contributed by atoms with van der Waals surface area (Å²) in [5.41, 5.74) is 2.90. The van der Waals surface area contributed by atoms with E-state index >= 15 is 0 Å². The van der Waals surface area contributed by atoms with Gasteiger partial charge in [-0.05, 0) is 48.6 Å². The highest BCUT2D eigenvalue weighted by molar-refractivity contribution is 5.99. The third-order valence-electron chi connectivity index (χ3n) is 4.73. The van der Waals surface area contributed by atoms with Crippen molar-refractivity contribution in [2.24, 2.45) is 5.92 Å². The molecule has 3 heterocycles. The molecule has 2 bridgehead atoms. The van der Waals surface area contributed by atoms with Crippen LogP contribution in [0.2, 0.25) is 0 Å². The lowest BCUT2D eigenvalue weighted by atomic mass is 9.93. The average Bonchev–Trinajstić information content (AvgIpc) is 3.03. The maximum absolute atomic E-state index is 13.8. The molecule has 0 aliphatic carbocycles. The van der Waals surface area contributed by atoms with Crippen LogP contribution in [0.3, 0.4) is 0 Å². The molecule has 6 nitrogen and oxygen atoms in total. The molecule has 1 aliphatic rings. The molecule has 0 fully saturated rings. The van der Waals surface area contributed by atoms with Crippen molar-refractivity contribution in [1.29, 1.82) is 0 Å². The van der Waals surface area contributed by atoms with Crippen LogP contribution in [0.4, 0.5) is 10.2 Å². The number of anilines is 1. The van der Waals surface area contributed by atoms with Crippen molar-refractivity contribution in [3.05, 3.63) is 59.2 Å². The van der Waals surface area contributed by atoms with E-state index in [1.54, 1.807) is 22.8 Å². The van der Waals surface area contributed by atoms with Gasteiger partial charge in [-0.3, -0.25) is 4.79 Å². The number of nitrogens with zero attached hydrogens (tertiary/aromatic N) is 3. The van der Waals surface area contributed by atoms with Crippen molar-refractivity contribution >= 4 is 17.4 Å². The summed E-state index contributed by atoms with van der Waals surface area (Å²) in [5, 5.41) is 10.5. The Kier molecular flexibility index (Phi) is 4.06. The van der Waals surface area contributed by atoms with Gasteiger partial charge in [0.1, 0.15) is 17.2 Å². The van der Waals surface area contributed by atoms with Gasteiger partial charge in [0.15, 0.2) is 5.65 Å². The number of rotatable bonds is 0. The number of nitrogens with one attached hydrogen (secondary N) is 2. The van der Waals surface area contributed by atoms with Gasteiger partial charge in [-0.15, -0.1) is 0 Å². The van der Waals surface area contributed by atoms with Crippen LogP contribution in [-0.4, -0.2) is 27.0 Å². The molecule has 4 rings (SSSR count). The first-order valence-electron chi connectivity index (χ1n) is 8.68. The molecule has 3 aromatic rings. The molecule has 1 aromatic carbocycles. The molecule has 2 aromatic heterocycles. The van der Waals surface area contributed by atoms with Crippen molar-refractivity contribution in [1.82, 2.24) is 19.9 Å². The zero-order chi connectivity index (χ0) is 18.3. The van der Waals surface area contributed by atoms with Gasteiger partial charge in [0.25, 0.3) is 5.91 Å². The number of amides is 1. The highest BCUT2D eigenvalue weighted by atomic mass is 19.1. The van der Waals surface area contributed by atoms with Crippen LogP contribution >= 0.6 is 0 Å². The highest BCUT2D eigenvalue weighted by Gasteiger charge is 2.19. The number of aromatic nitrogens is 3. The predicted octanol–water partition coefficient (Wildman–Crippen LogP) is 2.96. The second-order valence-corrected chi connectivity index (χ2v) is 6.87. The van der Waals surface area contributed by atoms with E-state index in [1.807, 2.05) is 13.0 Å². The lowest BCUT2D eigenvalue weighted by Gasteiger charge is -2.20. The lowest BCUT2D eigenvalue weighted by Crippen LogP contribution is -2.29. The Bertz CT molecular complexity index is 983. The summed E-state index contributed by atoms with van der Waals surface area (Å²) in [7, 11) is 0. The molecular weight excluding hydrogens is 333 g/mol. The number of halogens is 1. The van der Waals surface area contributed by atoms with Gasteiger partial charge in [0.2, 0.25) is 0 Å². The van der Waals surface area contributed by atoms with Crippen LogP contribution in [-0.2, 0) is 6.42 Å². The van der Waals surface area contributed by atoms with Crippen LogP contribution < -0.4 is 10.6 Å². The van der Waals surface area contributed by atoms with E-state index < -0.39 is 0 Å². The summed E-state index contributed by atoms with van der Waals surface area (Å²) in [4.78, 5) is 17.1. The standard InChI is InChI=1S/C19H20FN5O/c1-11-7-13-3-4-14(20)8-15(13)12(2)23-17-5-6-25-18(24-17)16(10-22-25)19(26)21-9-11/h3-6,8,10-12H,7,9H2,1-2H3,(H,21,26)(H,23,24)/t11-,12-/m1/s1. The Labute approximate surface area is 150 Å². The molecule has 2 atom stereocenters. The molecule has 134 valence electrons. The fourth-order valence-corrected chi connectivity index (χ4v) is 3.37. The summed E-state index contributed by atoms with van der Waals surface area (Å²) in [6.07, 6.45) is 4.03. The Balaban J connectivity index is 1.82. The maximum atomic E-state index is 13.8. The Morgan fingerprint density at radius 2 is 2.12 bits per heavy atom. The van der Waals surface area contributed by atoms with Crippen LogP contribution in [0.1, 0.15) is 41.4 Å². The topological polar surface area (TPSA) is 71.3 Å². The summed E-state index contributed by atoms with van der Waals surface area (Å²) in [5.74, 6) is 0.368. The third kappa shape index (κ3) is 3.00. The minimum atomic E-state index is -0.260. The summed E-state index contributed by atoms with van der Waals surface area (Å²) >= 11 is 0. The number of hydrogen-bond donors (Lipinski definition) is 2. The number of carbonyl (C=O) groups is 1. The van der Waals surface area contributed by atoms with Gasteiger partial charge >= 0.3 is 0 Å². The van der Waals surface area contributed by atoms with Gasteiger partial charge < -0.3 is 10.6 Å². The van der Waals surface area contributed by atoms with Crippen molar-refractivity contribution in [3.63, 3.8) is 0 Å². The molecule has 1 aliphatic heterocycles. The van der Waals surface area contributed by atoms with Gasteiger partial charge in [0, 0.05) is 12.7 Å². The Morgan fingerprint density at radius 1 is 1.27 bits per heavy atom. The van der Waals surface area contributed by atoms with Crippen molar-refractivity contribution in [2.75, 3.05) is 11.9 Å². The van der Waals surface area contributed by atoms with Gasteiger partial charge in [-0.2, -0.15) is 5.10 Å². The molecular formula is C19H20FN5O. The largest absolute Gasteiger partial charge is 0.363 e. The second kappa shape index (κ2) is 6.40. The predicted molar refractivity (Wildman–Crippen MR) is 96.6 cm³/mol. The number of carbonyl (C=O) groups excluding carboxylic acids is 1. The quantitative estimate of drug-likeness (QED) is 0.652. The van der Waals surface area contributed by atoms with Crippen LogP contribution in [0.25, 0.3) is 5.65 Å². The molecule has 0 radical (unpaired) electrons. The van der Waals surface area contributed by atoms with Crippen LogP contribution in [0, 0.1) is 11.7 Å². The molecule has 2 N–H and O–H groups in total. The lowest BCUT2D eigenvalue weighted by molar-refractivity contribution is 0.0949. The fraction of sp³-hybridized carbons (Fsp3) is 0.316. The molecule has 26 heavy (non-hydrogen) atoms. The number of benzene rings is 1. The second-order valence-electron chi connectivity index (χ2n) is 6.87. The Morgan fingerprint density at radius 3 is 2.96 bits per heavy atom. The number of fused-ring (bicyclic) bond motifs is 2. The smallest absolute Gasteiger partial charge is 0.256 e. The average molecular weight is 353 g/mol. The first-order chi connectivity index (χ1) is 12.5. The summed E-state index contributed by atoms with van der Waals surface area (Å²) < 4.78 is 15.4. The molecule has 1 amide bonds. The van der Waals surface area contributed by atoms with E-state index in [0.29, 0.717) is 23.6 Å². The van der Waals surface area contributed by atoms with Crippen molar-refractivity contribution < 1.29 is 9.18 Å². The van der Waals surface area contributed by atoms with Gasteiger partial charge in [-0.1, -0.05) is 13.0 Å². The third-order valence-corrected chi connectivity index (χ3v) is 4.73. The molecule has 0 saturated carbocycles. The fourth-order valence-electron chi connectivity index (χ4n) is 3.37. The van der Waals surface area contributed by atoms with Gasteiger partial charge in [0.05, 0.1) is 12.2 Å². The van der Waals surface area contributed by atoms with E-state index in [4.69, 9.17) is 0 Å². The summed E-state index contributed by atoms with van der Waals surface area (Å²) in [6.45, 7) is 4.57. The first kappa shape index (κ1) is 16.5.